The lowest BCUT2D eigenvalue weighted by Gasteiger charge is -2.20. The van der Waals surface area contributed by atoms with E-state index in [-0.39, 0.29) is 12.1 Å². The number of hydrogen-bond acceptors (Lipinski definition) is 7. The van der Waals surface area contributed by atoms with Crippen LogP contribution in [0.15, 0.2) is 60.7 Å². The third-order valence-corrected chi connectivity index (χ3v) is 5.58. The molecule has 5 N–H and O–H groups in total. The zero-order chi connectivity index (χ0) is 30.4. The van der Waals surface area contributed by atoms with E-state index in [1.54, 1.807) is 69.3 Å². The molecule has 12 heteroatoms. The predicted octanol–water partition coefficient (Wildman–Crippen LogP) is 2.11. The van der Waals surface area contributed by atoms with E-state index >= 15 is 0 Å². The number of carbonyl (C=O) groups excluding carboxylic acids is 5. The predicted molar refractivity (Wildman–Crippen MR) is 149 cm³/mol. The van der Waals surface area contributed by atoms with Crippen molar-refractivity contribution < 1.29 is 38.6 Å². The number of hydrogen-bond donors (Lipinski definition) is 5. The molecule has 2 rings (SSSR count). The van der Waals surface area contributed by atoms with Gasteiger partial charge < -0.3 is 25.8 Å². The van der Waals surface area contributed by atoms with Crippen LogP contribution in [0.1, 0.15) is 61.9 Å². The highest BCUT2D eigenvalue weighted by Gasteiger charge is 2.27. The van der Waals surface area contributed by atoms with Crippen LogP contribution in [0, 0.1) is 0 Å². The fourth-order valence-corrected chi connectivity index (χ4v) is 3.73. The summed E-state index contributed by atoms with van der Waals surface area (Å²) >= 11 is 0. The monoisotopic (exact) mass is 568 g/mol. The molecule has 0 aromatic heterocycles. The second-order valence-electron chi connectivity index (χ2n) is 10.2. The second kappa shape index (κ2) is 15.8. The summed E-state index contributed by atoms with van der Waals surface area (Å²) in [6, 6.07) is 15.1. The van der Waals surface area contributed by atoms with Gasteiger partial charge in [-0.1, -0.05) is 48.5 Å². The van der Waals surface area contributed by atoms with E-state index < -0.39 is 66.2 Å². The number of aliphatic carboxylic acids is 1. The van der Waals surface area contributed by atoms with Crippen molar-refractivity contribution in [1.29, 1.82) is 0 Å². The second-order valence-corrected chi connectivity index (χ2v) is 10.2. The average Bonchev–Trinajstić information content (AvgIpc) is 2.91. The number of carboxylic acids is 1. The minimum absolute atomic E-state index is 0.182. The van der Waals surface area contributed by atoms with Gasteiger partial charge in [0.1, 0.15) is 11.6 Å². The summed E-state index contributed by atoms with van der Waals surface area (Å²) in [6.07, 6.45) is -0.557. The van der Waals surface area contributed by atoms with E-state index in [2.05, 4.69) is 21.3 Å². The first-order valence-electron chi connectivity index (χ1n) is 13.1. The molecule has 0 unspecified atom stereocenters. The van der Waals surface area contributed by atoms with Crippen molar-refractivity contribution in [3.8, 4) is 0 Å². The van der Waals surface area contributed by atoms with Crippen molar-refractivity contribution in [3.05, 3.63) is 71.8 Å². The lowest BCUT2D eigenvalue weighted by Crippen LogP contribution is -2.51. The lowest BCUT2D eigenvalue weighted by molar-refractivity contribution is -0.140. The molecule has 2 aromatic carbocycles. The van der Waals surface area contributed by atoms with Gasteiger partial charge in [0.2, 0.25) is 17.7 Å². The first-order valence-corrected chi connectivity index (χ1v) is 13.1. The molecule has 41 heavy (non-hydrogen) atoms. The van der Waals surface area contributed by atoms with Crippen LogP contribution in [0.2, 0.25) is 0 Å². The van der Waals surface area contributed by atoms with Crippen molar-refractivity contribution in [1.82, 2.24) is 21.3 Å². The summed E-state index contributed by atoms with van der Waals surface area (Å²) in [7, 11) is 0. The molecule has 0 aliphatic heterocycles. The number of amides is 5. The molecule has 5 amide bonds. The fraction of sp³-hybridized carbons (Fsp3) is 0.379. The Kier molecular flexibility index (Phi) is 12.5. The highest BCUT2D eigenvalue weighted by molar-refractivity contribution is 6.07. The molecule has 0 heterocycles. The van der Waals surface area contributed by atoms with E-state index in [1.165, 1.54) is 12.1 Å². The molecule has 0 saturated carbocycles. The first-order chi connectivity index (χ1) is 19.4. The summed E-state index contributed by atoms with van der Waals surface area (Å²) in [4.78, 5) is 73.6. The van der Waals surface area contributed by atoms with Crippen LogP contribution in [0.3, 0.4) is 0 Å². The van der Waals surface area contributed by atoms with Crippen LogP contribution in [0.4, 0.5) is 4.79 Å². The summed E-state index contributed by atoms with van der Waals surface area (Å²) in [5.74, 6) is -5.05. The normalized spacial score (nSPS) is 12.3. The molecule has 0 saturated heterocycles. The summed E-state index contributed by atoms with van der Waals surface area (Å²) in [5, 5.41) is 18.7. The van der Waals surface area contributed by atoms with Crippen LogP contribution >= 0.6 is 0 Å². The quantitative estimate of drug-likeness (QED) is 0.228. The van der Waals surface area contributed by atoms with E-state index in [0.29, 0.717) is 18.4 Å². The lowest BCUT2D eigenvalue weighted by atomic mass is 9.93. The van der Waals surface area contributed by atoms with Gasteiger partial charge in [-0.3, -0.25) is 29.3 Å². The van der Waals surface area contributed by atoms with Crippen LogP contribution < -0.4 is 21.3 Å². The number of carbonyl (C=O) groups is 6. The largest absolute Gasteiger partial charge is 0.481 e. The van der Waals surface area contributed by atoms with Crippen molar-refractivity contribution in [2.24, 2.45) is 0 Å². The standard InChI is InChI=1S/C29H36N4O8/c1-29(2,3)41-28(40)30-16-10-15-21(19-11-6-4-7-12-19)26(38)31-18-23(34)32-22(17-24(35)36)27(39)33-25(37)20-13-8-5-9-14-20/h4-9,11-14,21-22H,10,15-18H2,1-3H3,(H,30,40)(H,31,38)(H,32,34)(H,35,36)(H,33,37,39)/t21-,22+/m1/s1. The fourth-order valence-electron chi connectivity index (χ4n) is 3.73. The summed E-state index contributed by atoms with van der Waals surface area (Å²) in [5.41, 5.74) is 0.241. The van der Waals surface area contributed by atoms with Gasteiger partial charge >= 0.3 is 12.1 Å². The summed E-state index contributed by atoms with van der Waals surface area (Å²) in [6.45, 7) is 4.98. The van der Waals surface area contributed by atoms with E-state index in [4.69, 9.17) is 4.74 Å². The maximum atomic E-state index is 13.0. The van der Waals surface area contributed by atoms with Crippen LogP contribution in [0.25, 0.3) is 0 Å². The molecular formula is C29H36N4O8. The van der Waals surface area contributed by atoms with E-state index in [0.717, 1.165) is 0 Å². The van der Waals surface area contributed by atoms with Crippen molar-refractivity contribution in [3.63, 3.8) is 0 Å². The molecule has 0 bridgehead atoms. The number of alkyl carbamates (subject to hydrolysis) is 1. The van der Waals surface area contributed by atoms with Crippen LogP contribution in [-0.2, 0) is 23.9 Å². The van der Waals surface area contributed by atoms with Crippen LogP contribution in [-0.4, -0.2) is 65.5 Å². The summed E-state index contributed by atoms with van der Waals surface area (Å²) < 4.78 is 5.20. The SMILES string of the molecule is CC(C)(C)OC(=O)NCCC[C@@H](C(=O)NCC(=O)N[C@@H](CC(=O)O)C(=O)NC(=O)c1ccccc1)c1ccccc1. The Morgan fingerprint density at radius 3 is 2.05 bits per heavy atom. The third kappa shape index (κ3) is 12.3. The van der Waals surface area contributed by atoms with Gasteiger partial charge in [0.25, 0.3) is 5.91 Å². The van der Waals surface area contributed by atoms with Gasteiger partial charge in [0.05, 0.1) is 18.9 Å². The van der Waals surface area contributed by atoms with Gasteiger partial charge in [0.15, 0.2) is 0 Å². The minimum atomic E-state index is -1.55. The van der Waals surface area contributed by atoms with Crippen molar-refractivity contribution in [2.45, 2.75) is 57.6 Å². The number of nitrogens with one attached hydrogen (secondary N) is 4. The van der Waals surface area contributed by atoms with E-state index in [9.17, 15) is 33.9 Å². The maximum Gasteiger partial charge on any atom is 0.407 e. The zero-order valence-corrected chi connectivity index (χ0v) is 23.3. The van der Waals surface area contributed by atoms with Crippen molar-refractivity contribution >= 4 is 35.7 Å². The number of imide groups is 1. The van der Waals surface area contributed by atoms with Gasteiger partial charge in [-0.15, -0.1) is 0 Å². The Morgan fingerprint density at radius 2 is 1.46 bits per heavy atom. The topological polar surface area (TPSA) is 180 Å². The van der Waals surface area contributed by atoms with Gasteiger partial charge in [-0.25, -0.2) is 4.79 Å². The average molecular weight is 569 g/mol. The smallest absolute Gasteiger partial charge is 0.407 e. The highest BCUT2D eigenvalue weighted by atomic mass is 16.6. The Bertz CT molecular complexity index is 1210. The molecule has 0 radical (unpaired) electrons. The van der Waals surface area contributed by atoms with Crippen molar-refractivity contribution in [2.75, 3.05) is 13.1 Å². The van der Waals surface area contributed by atoms with E-state index in [1.807, 2.05) is 0 Å². The highest BCUT2D eigenvalue weighted by Crippen LogP contribution is 2.21. The zero-order valence-electron chi connectivity index (χ0n) is 23.3. The molecule has 0 spiro atoms. The Morgan fingerprint density at radius 1 is 0.854 bits per heavy atom. The number of rotatable bonds is 13. The molecule has 0 aliphatic rings. The number of ether oxygens (including phenoxy) is 1. The molecule has 2 aromatic rings. The Labute approximate surface area is 238 Å². The maximum absolute atomic E-state index is 13.0. The minimum Gasteiger partial charge on any atom is -0.481 e. The van der Waals surface area contributed by atoms with Gasteiger partial charge in [-0.05, 0) is 51.3 Å². The number of benzene rings is 2. The van der Waals surface area contributed by atoms with Gasteiger partial charge in [0, 0.05) is 12.1 Å². The molecule has 2 atom stereocenters. The van der Waals surface area contributed by atoms with Crippen LogP contribution in [0.5, 0.6) is 0 Å². The van der Waals surface area contributed by atoms with Gasteiger partial charge in [-0.2, -0.15) is 0 Å². The third-order valence-electron chi connectivity index (χ3n) is 5.58. The number of carboxylic acid groups (broad SMARTS) is 1. The molecular weight excluding hydrogens is 532 g/mol. The molecule has 220 valence electrons. The molecule has 0 fully saturated rings. The Hall–Kier alpha value is -4.74. The molecule has 12 nitrogen and oxygen atoms in total. The first kappa shape index (κ1) is 32.5. The molecule has 0 aliphatic carbocycles. The Balaban J connectivity index is 1.95.